The van der Waals surface area contributed by atoms with Gasteiger partial charge in [0.2, 0.25) is 5.91 Å². The van der Waals surface area contributed by atoms with E-state index in [0.29, 0.717) is 17.9 Å². The fraction of sp³-hybridized carbons (Fsp3) is 0.778. The van der Waals surface area contributed by atoms with Gasteiger partial charge in [0.05, 0.1) is 5.69 Å². The molecule has 3 N–H and O–H groups in total. The summed E-state index contributed by atoms with van der Waals surface area (Å²) < 4.78 is 0. The van der Waals surface area contributed by atoms with E-state index in [1.165, 1.54) is 36.3 Å². The van der Waals surface area contributed by atoms with Crippen molar-refractivity contribution in [3.05, 3.63) is 10.6 Å². The second-order valence-electron chi connectivity index (χ2n) is 7.92. The molecule has 3 atom stereocenters. The Morgan fingerprint density at radius 1 is 1.26 bits per heavy atom. The molecule has 2 saturated carbocycles. The summed E-state index contributed by atoms with van der Waals surface area (Å²) in [7, 11) is 0. The molecule has 2 fully saturated rings. The van der Waals surface area contributed by atoms with Crippen LogP contribution in [0.4, 0.5) is 5.13 Å². The molecule has 3 aliphatic rings. The Kier molecular flexibility index (Phi) is 4.18. The summed E-state index contributed by atoms with van der Waals surface area (Å²) in [5, 5.41) is 3.93. The molecule has 3 unspecified atom stereocenters. The van der Waals surface area contributed by atoms with E-state index in [2.05, 4.69) is 17.2 Å². The molecular formula is C18H27N3OS. The number of carbonyl (C=O) groups excluding carboxylic acids is 1. The summed E-state index contributed by atoms with van der Waals surface area (Å²) >= 11 is 1.69. The van der Waals surface area contributed by atoms with Gasteiger partial charge in [-0.1, -0.05) is 13.3 Å². The number of aromatic nitrogens is 1. The standard InChI is InChI=1S/C18H27N3OS/c1-10-5-6-14-15(7-10)23-18(20-14)21-17(22)13-8-11-3-2-4-12(9-13)16(11)19/h10-13,16H,2-9,19H2,1H3,(H,20,21,22). The Bertz CT molecular complexity index is 585. The van der Waals surface area contributed by atoms with Crippen LogP contribution in [-0.4, -0.2) is 16.9 Å². The first-order valence-corrected chi connectivity index (χ1v) is 9.97. The van der Waals surface area contributed by atoms with Crippen LogP contribution in [0.5, 0.6) is 0 Å². The van der Waals surface area contributed by atoms with Crippen molar-refractivity contribution in [2.75, 3.05) is 5.32 Å². The number of nitrogens with two attached hydrogens (primary N) is 1. The van der Waals surface area contributed by atoms with Gasteiger partial charge in [0.1, 0.15) is 0 Å². The van der Waals surface area contributed by atoms with Crippen molar-refractivity contribution < 1.29 is 4.79 Å². The highest BCUT2D eigenvalue weighted by Crippen LogP contribution is 2.42. The molecule has 3 aliphatic carbocycles. The molecule has 0 saturated heterocycles. The third-order valence-electron chi connectivity index (χ3n) is 6.20. The molecule has 0 aliphatic heterocycles. The van der Waals surface area contributed by atoms with E-state index in [0.717, 1.165) is 36.7 Å². The molecule has 23 heavy (non-hydrogen) atoms. The van der Waals surface area contributed by atoms with Crippen LogP contribution < -0.4 is 11.1 Å². The number of hydrogen-bond donors (Lipinski definition) is 2. The van der Waals surface area contributed by atoms with E-state index in [-0.39, 0.29) is 11.8 Å². The number of hydrogen-bond acceptors (Lipinski definition) is 4. The molecule has 2 bridgehead atoms. The lowest BCUT2D eigenvalue weighted by molar-refractivity contribution is -0.122. The number of amides is 1. The highest BCUT2D eigenvalue weighted by atomic mass is 32.1. The van der Waals surface area contributed by atoms with E-state index < -0.39 is 0 Å². The summed E-state index contributed by atoms with van der Waals surface area (Å²) in [6, 6.07) is 0.321. The van der Waals surface area contributed by atoms with Gasteiger partial charge in [0.25, 0.3) is 0 Å². The Hall–Kier alpha value is -0.940. The van der Waals surface area contributed by atoms with Gasteiger partial charge in [-0.15, -0.1) is 11.3 Å². The molecule has 126 valence electrons. The SMILES string of the molecule is CC1CCc2nc(NC(=O)C3CC4CCCC(C3)C4N)sc2C1. The van der Waals surface area contributed by atoms with Gasteiger partial charge in [-0.25, -0.2) is 4.98 Å². The molecule has 5 heteroatoms. The maximum absolute atomic E-state index is 12.7. The Morgan fingerprint density at radius 2 is 2.00 bits per heavy atom. The first-order valence-electron chi connectivity index (χ1n) is 9.15. The molecular weight excluding hydrogens is 306 g/mol. The number of anilines is 1. The third kappa shape index (κ3) is 3.05. The first kappa shape index (κ1) is 15.6. The van der Waals surface area contributed by atoms with Crippen LogP contribution in [0.2, 0.25) is 0 Å². The normalized spacial score (nSPS) is 36.3. The molecule has 0 radical (unpaired) electrons. The molecule has 1 amide bonds. The van der Waals surface area contributed by atoms with Crippen LogP contribution in [-0.2, 0) is 17.6 Å². The largest absolute Gasteiger partial charge is 0.327 e. The van der Waals surface area contributed by atoms with E-state index >= 15 is 0 Å². The quantitative estimate of drug-likeness (QED) is 0.872. The molecule has 0 spiro atoms. The Labute approximate surface area is 142 Å². The number of nitrogens with zero attached hydrogens (tertiary/aromatic N) is 1. The maximum Gasteiger partial charge on any atom is 0.229 e. The van der Waals surface area contributed by atoms with Crippen LogP contribution in [0.1, 0.15) is 56.0 Å². The topological polar surface area (TPSA) is 68.0 Å². The summed E-state index contributed by atoms with van der Waals surface area (Å²) in [5.41, 5.74) is 7.55. The van der Waals surface area contributed by atoms with Gasteiger partial charge >= 0.3 is 0 Å². The predicted molar refractivity (Wildman–Crippen MR) is 93.5 cm³/mol. The average Bonchev–Trinajstić information content (AvgIpc) is 2.88. The van der Waals surface area contributed by atoms with E-state index in [1.807, 2.05) is 0 Å². The van der Waals surface area contributed by atoms with Crippen molar-refractivity contribution >= 4 is 22.4 Å². The summed E-state index contributed by atoms with van der Waals surface area (Å²) in [6.45, 7) is 2.30. The Balaban J connectivity index is 1.42. The van der Waals surface area contributed by atoms with Gasteiger partial charge in [0.15, 0.2) is 5.13 Å². The van der Waals surface area contributed by atoms with Crippen molar-refractivity contribution in [2.45, 2.75) is 64.3 Å². The smallest absolute Gasteiger partial charge is 0.229 e. The van der Waals surface area contributed by atoms with Crippen molar-refractivity contribution in [1.29, 1.82) is 0 Å². The van der Waals surface area contributed by atoms with Crippen molar-refractivity contribution in [1.82, 2.24) is 4.98 Å². The number of aryl methyl sites for hydroxylation is 1. The number of nitrogens with one attached hydrogen (secondary N) is 1. The fourth-order valence-corrected chi connectivity index (χ4v) is 5.98. The van der Waals surface area contributed by atoms with Crippen LogP contribution in [0, 0.1) is 23.7 Å². The maximum atomic E-state index is 12.7. The fourth-order valence-electron chi connectivity index (χ4n) is 4.80. The molecule has 4 rings (SSSR count). The minimum Gasteiger partial charge on any atom is -0.327 e. The van der Waals surface area contributed by atoms with Gasteiger partial charge in [-0.05, 0) is 62.7 Å². The molecule has 4 nitrogen and oxygen atoms in total. The van der Waals surface area contributed by atoms with Crippen molar-refractivity contribution in [3.8, 4) is 0 Å². The lowest BCUT2D eigenvalue weighted by Gasteiger charge is -2.43. The van der Waals surface area contributed by atoms with Gasteiger partial charge in [0, 0.05) is 16.8 Å². The van der Waals surface area contributed by atoms with E-state index in [9.17, 15) is 4.79 Å². The first-order chi connectivity index (χ1) is 11.1. The van der Waals surface area contributed by atoms with Gasteiger partial charge in [-0.3, -0.25) is 4.79 Å². The summed E-state index contributed by atoms with van der Waals surface area (Å²) in [4.78, 5) is 18.7. The minimum absolute atomic E-state index is 0.130. The van der Waals surface area contributed by atoms with Crippen molar-refractivity contribution in [2.24, 2.45) is 29.4 Å². The molecule has 1 aromatic heterocycles. The van der Waals surface area contributed by atoms with Crippen LogP contribution in [0.15, 0.2) is 0 Å². The lowest BCUT2D eigenvalue weighted by atomic mass is 9.65. The van der Waals surface area contributed by atoms with E-state index in [4.69, 9.17) is 5.73 Å². The lowest BCUT2D eigenvalue weighted by Crippen LogP contribution is -2.48. The van der Waals surface area contributed by atoms with Gasteiger partial charge in [-0.2, -0.15) is 0 Å². The highest BCUT2D eigenvalue weighted by Gasteiger charge is 2.40. The Morgan fingerprint density at radius 3 is 2.74 bits per heavy atom. The zero-order valence-electron chi connectivity index (χ0n) is 13.9. The average molecular weight is 334 g/mol. The second kappa shape index (κ2) is 6.17. The minimum atomic E-state index is 0.130. The van der Waals surface area contributed by atoms with E-state index in [1.54, 1.807) is 11.3 Å². The van der Waals surface area contributed by atoms with Crippen LogP contribution >= 0.6 is 11.3 Å². The number of fused-ring (bicyclic) bond motifs is 3. The number of rotatable bonds is 2. The third-order valence-corrected chi connectivity index (χ3v) is 7.24. The summed E-state index contributed by atoms with van der Waals surface area (Å²) in [5.74, 6) is 2.14. The summed E-state index contributed by atoms with van der Waals surface area (Å²) in [6.07, 6.45) is 9.01. The zero-order chi connectivity index (χ0) is 16.0. The molecule has 0 aromatic carbocycles. The van der Waals surface area contributed by atoms with Gasteiger partial charge < -0.3 is 11.1 Å². The zero-order valence-corrected chi connectivity index (χ0v) is 14.7. The van der Waals surface area contributed by atoms with Crippen LogP contribution in [0.3, 0.4) is 0 Å². The molecule has 1 heterocycles. The molecule has 1 aromatic rings. The number of thiazole rings is 1. The highest BCUT2D eigenvalue weighted by molar-refractivity contribution is 7.15. The van der Waals surface area contributed by atoms with Crippen molar-refractivity contribution in [3.63, 3.8) is 0 Å². The predicted octanol–water partition coefficient (Wildman–Crippen LogP) is 3.36. The number of carbonyl (C=O) groups is 1. The second-order valence-corrected chi connectivity index (χ2v) is 9.01. The van der Waals surface area contributed by atoms with Crippen LogP contribution in [0.25, 0.3) is 0 Å². The monoisotopic (exact) mass is 333 g/mol.